The summed E-state index contributed by atoms with van der Waals surface area (Å²) in [6.45, 7) is 3.96. The Hall–Kier alpha value is -3.01. The molecule has 0 saturated heterocycles. The van der Waals surface area contributed by atoms with E-state index in [1.54, 1.807) is 4.90 Å². The fraction of sp³-hybridized carbons (Fsp3) is 0.190. The van der Waals surface area contributed by atoms with Crippen LogP contribution in [0.25, 0.3) is 11.4 Å². The maximum Gasteiger partial charge on any atom is 0.235 e. The number of rotatable bonds is 2. The number of carbonyl (C=O) groups excluding carboxylic acids is 1. The van der Waals surface area contributed by atoms with Crippen molar-refractivity contribution in [1.82, 2.24) is 9.97 Å². The van der Waals surface area contributed by atoms with Gasteiger partial charge in [0.25, 0.3) is 0 Å². The number of benzene rings is 2. The molecule has 1 aliphatic heterocycles. The van der Waals surface area contributed by atoms with Crippen LogP contribution in [0.5, 0.6) is 0 Å². The second-order valence-electron chi connectivity index (χ2n) is 6.42. The molecular formula is C21H19N3O. The van der Waals surface area contributed by atoms with Crippen molar-refractivity contribution in [2.45, 2.75) is 20.3 Å². The van der Waals surface area contributed by atoms with Gasteiger partial charge >= 0.3 is 0 Å². The summed E-state index contributed by atoms with van der Waals surface area (Å²) in [4.78, 5) is 24.1. The Morgan fingerprint density at radius 3 is 2.28 bits per heavy atom. The predicted molar refractivity (Wildman–Crippen MR) is 98.7 cm³/mol. The highest BCUT2D eigenvalue weighted by molar-refractivity contribution is 6.03. The minimum absolute atomic E-state index is 0.0795. The summed E-state index contributed by atoms with van der Waals surface area (Å²) >= 11 is 0. The summed E-state index contributed by atoms with van der Waals surface area (Å²) in [5, 5.41) is 0. The van der Waals surface area contributed by atoms with Gasteiger partial charge in [-0.2, -0.15) is 0 Å². The Labute approximate surface area is 147 Å². The first-order valence-corrected chi connectivity index (χ1v) is 8.47. The van der Waals surface area contributed by atoms with Crippen LogP contribution in [0.15, 0.2) is 60.7 Å². The van der Waals surface area contributed by atoms with Crippen LogP contribution in [0.2, 0.25) is 0 Å². The molecule has 0 N–H and O–H groups in total. The third kappa shape index (κ3) is 2.70. The highest BCUT2D eigenvalue weighted by Crippen LogP contribution is 2.37. The summed E-state index contributed by atoms with van der Waals surface area (Å²) in [6.07, 6.45) is 0.679. The fourth-order valence-corrected chi connectivity index (χ4v) is 3.27. The SMILES string of the molecule is Cc1nc(-c2ccccc2)nc2c1CC(C)C(=O)N2c1ccccc1. The molecule has 1 aromatic heterocycles. The highest BCUT2D eigenvalue weighted by atomic mass is 16.2. The number of nitrogens with zero attached hydrogens (tertiary/aromatic N) is 3. The van der Waals surface area contributed by atoms with Crippen LogP contribution in [0.4, 0.5) is 11.5 Å². The van der Waals surface area contributed by atoms with E-state index in [2.05, 4.69) is 0 Å². The lowest BCUT2D eigenvalue weighted by atomic mass is 9.93. The van der Waals surface area contributed by atoms with Gasteiger partial charge in [-0.3, -0.25) is 9.69 Å². The second-order valence-corrected chi connectivity index (χ2v) is 6.42. The van der Waals surface area contributed by atoms with Gasteiger partial charge in [-0.15, -0.1) is 0 Å². The molecule has 25 heavy (non-hydrogen) atoms. The molecule has 0 aliphatic carbocycles. The van der Waals surface area contributed by atoms with Gasteiger partial charge in [0.15, 0.2) is 5.82 Å². The molecule has 0 fully saturated rings. The van der Waals surface area contributed by atoms with E-state index in [0.717, 1.165) is 22.5 Å². The zero-order chi connectivity index (χ0) is 17.4. The average molecular weight is 329 g/mol. The molecule has 1 unspecified atom stereocenters. The lowest BCUT2D eigenvalue weighted by Gasteiger charge is -2.32. The standard InChI is InChI=1S/C21H19N3O/c1-14-13-18-15(2)22-19(16-9-5-3-6-10-16)23-20(18)24(21(14)25)17-11-7-4-8-12-17/h3-12,14H,13H2,1-2H3. The van der Waals surface area contributed by atoms with Crippen LogP contribution < -0.4 is 4.90 Å². The molecule has 0 radical (unpaired) electrons. The number of fused-ring (bicyclic) bond motifs is 1. The smallest absolute Gasteiger partial charge is 0.235 e. The lowest BCUT2D eigenvalue weighted by molar-refractivity contribution is -0.121. The van der Waals surface area contributed by atoms with Gasteiger partial charge in [0.2, 0.25) is 5.91 Å². The normalized spacial score (nSPS) is 16.6. The molecule has 4 heteroatoms. The quantitative estimate of drug-likeness (QED) is 0.704. The third-order valence-corrected chi connectivity index (χ3v) is 4.60. The van der Waals surface area contributed by atoms with Crippen molar-refractivity contribution in [2.75, 3.05) is 4.90 Å². The van der Waals surface area contributed by atoms with E-state index in [-0.39, 0.29) is 11.8 Å². The summed E-state index contributed by atoms with van der Waals surface area (Å²) in [7, 11) is 0. The van der Waals surface area contributed by atoms with Crippen molar-refractivity contribution in [3.05, 3.63) is 71.9 Å². The summed E-state index contributed by atoms with van der Waals surface area (Å²) < 4.78 is 0. The molecule has 124 valence electrons. The average Bonchev–Trinajstić information content (AvgIpc) is 2.65. The van der Waals surface area contributed by atoms with Gasteiger partial charge in [-0.05, 0) is 25.5 Å². The zero-order valence-corrected chi connectivity index (χ0v) is 14.3. The number of para-hydroxylation sites is 1. The minimum atomic E-state index is -0.0856. The van der Waals surface area contributed by atoms with Gasteiger partial charge in [0.1, 0.15) is 5.82 Å². The van der Waals surface area contributed by atoms with E-state index in [4.69, 9.17) is 9.97 Å². The number of anilines is 2. The highest BCUT2D eigenvalue weighted by Gasteiger charge is 2.34. The van der Waals surface area contributed by atoms with Gasteiger partial charge < -0.3 is 0 Å². The van der Waals surface area contributed by atoms with E-state index in [1.807, 2.05) is 74.5 Å². The Balaban J connectivity index is 1.92. The molecule has 2 heterocycles. The Bertz CT molecular complexity index is 923. The van der Waals surface area contributed by atoms with E-state index < -0.39 is 0 Å². The monoisotopic (exact) mass is 329 g/mol. The van der Waals surface area contributed by atoms with Gasteiger partial charge in [0, 0.05) is 22.7 Å². The third-order valence-electron chi connectivity index (χ3n) is 4.60. The van der Waals surface area contributed by atoms with E-state index in [9.17, 15) is 4.79 Å². The number of carbonyl (C=O) groups is 1. The van der Waals surface area contributed by atoms with Crippen molar-refractivity contribution in [3.8, 4) is 11.4 Å². The van der Waals surface area contributed by atoms with Crippen molar-refractivity contribution < 1.29 is 4.79 Å². The molecule has 0 saturated carbocycles. The van der Waals surface area contributed by atoms with Crippen molar-refractivity contribution in [3.63, 3.8) is 0 Å². The second kappa shape index (κ2) is 6.13. The van der Waals surface area contributed by atoms with Crippen LogP contribution in [0, 0.1) is 12.8 Å². The van der Waals surface area contributed by atoms with Crippen molar-refractivity contribution >= 4 is 17.4 Å². The summed E-state index contributed by atoms with van der Waals surface area (Å²) in [6, 6.07) is 19.6. The minimum Gasteiger partial charge on any atom is -0.274 e. The molecule has 0 spiro atoms. The molecule has 1 aliphatic rings. The van der Waals surface area contributed by atoms with Crippen LogP contribution in [0.3, 0.4) is 0 Å². The lowest BCUT2D eigenvalue weighted by Crippen LogP contribution is -2.38. The molecule has 1 atom stereocenters. The number of aromatic nitrogens is 2. The van der Waals surface area contributed by atoms with Crippen molar-refractivity contribution in [1.29, 1.82) is 0 Å². The zero-order valence-electron chi connectivity index (χ0n) is 14.3. The van der Waals surface area contributed by atoms with Crippen LogP contribution in [0.1, 0.15) is 18.2 Å². The Morgan fingerprint density at radius 2 is 1.60 bits per heavy atom. The van der Waals surface area contributed by atoms with Gasteiger partial charge in [-0.25, -0.2) is 9.97 Å². The van der Waals surface area contributed by atoms with Gasteiger partial charge in [-0.1, -0.05) is 55.5 Å². The maximum atomic E-state index is 12.9. The van der Waals surface area contributed by atoms with Gasteiger partial charge in [0.05, 0.1) is 5.69 Å². The summed E-state index contributed by atoms with van der Waals surface area (Å²) in [5.41, 5.74) is 3.78. The predicted octanol–water partition coefficient (Wildman–Crippen LogP) is 4.31. The molecule has 0 bridgehead atoms. The Kier molecular flexibility index (Phi) is 3.80. The first-order valence-electron chi connectivity index (χ1n) is 8.47. The van der Waals surface area contributed by atoms with Crippen LogP contribution >= 0.6 is 0 Å². The van der Waals surface area contributed by atoms with Crippen molar-refractivity contribution in [2.24, 2.45) is 5.92 Å². The fourth-order valence-electron chi connectivity index (χ4n) is 3.27. The maximum absolute atomic E-state index is 12.9. The molecule has 1 amide bonds. The van der Waals surface area contributed by atoms with E-state index in [1.165, 1.54) is 0 Å². The molecule has 4 rings (SSSR count). The van der Waals surface area contributed by atoms with Crippen LogP contribution in [-0.4, -0.2) is 15.9 Å². The Morgan fingerprint density at radius 1 is 0.960 bits per heavy atom. The van der Waals surface area contributed by atoms with E-state index >= 15 is 0 Å². The number of amides is 1. The number of hydrogen-bond donors (Lipinski definition) is 0. The first-order chi connectivity index (χ1) is 12.1. The summed E-state index contributed by atoms with van der Waals surface area (Å²) in [5.74, 6) is 1.36. The number of aryl methyl sites for hydroxylation is 1. The topological polar surface area (TPSA) is 46.1 Å². The first kappa shape index (κ1) is 15.5. The molecule has 3 aromatic rings. The van der Waals surface area contributed by atoms with E-state index in [0.29, 0.717) is 18.1 Å². The largest absolute Gasteiger partial charge is 0.274 e. The molecule has 2 aromatic carbocycles. The molecular weight excluding hydrogens is 310 g/mol. The number of hydrogen-bond acceptors (Lipinski definition) is 3. The van der Waals surface area contributed by atoms with Crippen LogP contribution in [-0.2, 0) is 11.2 Å². The molecule has 4 nitrogen and oxygen atoms in total.